The molecule has 1 atom stereocenters. The van der Waals surface area contributed by atoms with Gasteiger partial charge in [-0.05, 0) is 37.5 Å². The molecule has 0 fully saturated rings. The summed E-state index contributed by atoms with van der Waals surface area (Å²) in [6, 6.07) is 15.4. The van der Waals surface area contributed by atoms with Gasteiger partial charge in [-0.2, -0.15) is 0 Å². The Morgan fingerprint density at radius 3 is 2.41 bits per heavy atom. The Morgan fingerprint density at radius 2 is 1.78 bits per heavy atom. The summed E-state index contributed by atoms with van der Waals surface area (Å²) in [5.41, 5.74) is 1.51. The normalized spacial score (nSPS) is 13.5. The van der Waals surface area contributed by atoms with Gasteiger partial charge in [0.05, 0.1) is 9.80 Å². The lowest BCUT2D eigenvalue weighted by atomic mass is 10.1. The van der Waals surface area contributed by atoms with Gasteiger partial charge in [-0.25, -0.2) is 8.42 Å². The van der Waals surface area contributed by atoms with Crippen molar-refractivity contribution in [2.45, 2.75) is 30.8 Å². The number of rotatable bonds is 10. The van der Waals surface area contributed by atoms with E-state index in [9.17, 15) is 13.5 Å². The summed E-state index contributed by atoms with van der Waals surface area (Å²) in [4.78, 5) is 0.161. The largest absolute Gasteiger partial charge is 0.383 e. The lowest BCUT2D eigenvalue weighted by molar-refractivity contribution is -0.0308. The molecule has 1 unspecified atom stereocenters. The van der Waals surface area contributed by atoms with Gasteiger partial charge in [-0.15, -0.1) is 0 Å². The van der Waals surface area contributed by atoms with Crippen LogP contribution in [0.2, 0.25) is 0 Å². The van der Waals surface area contributed by atoms with E-state index >= 15 is 0 Å². The molecule has 0 saturated heterocycles. The van der Waals surface area contributed by atoms with Crippen molar-refractivity contribution in [2.24, 2.45) is 0 Å². The van der Waals surface area contributed by atoms with E-state index in [0.717, 1.165) is 5.56 Å². The highest BCUT2D eigenvalue weighted by Gasteiger charge is 2.27. The van der Waals surface area contributed by atoms with E-state index in [2.05, 4.69) is 0 Å². The summed E-state index contributed by atoms with van der Waals surface area (Å²) in [5.74, 6) is 0. The molecule has 0 spiro atoms. The smallest absolute Gasteiger partial charge is 0.205 e. The van der Waals surface area contributed by atoms with Crippen LogP contribution >= 0.6 is 0 Å². The van der Waals surface area contributed by atoms with E-state index in [4.69, 9.17) is 9.47 Å². The molecule has 0 radical (unpaired) electrons. The lowest BCUT2D eigenvalue weighted by Gasteiger charge is -2.17. The quantitative estimate of drug-likeness (QED) is 0.494. The van der Waals surface area contributed by atoms with Crippen LogP contribution in [0.1, 0.15) is 30.1 Å². The molecule has 0 heterocycles. The van der Waals surface area contributed by atoms with Crippen molar-refractivity contribution < 1.29 is 23.0 Å². The van der Waals surface area contributed by atoms with Crippen molar-refractivity contribution in [1.29, 1.82) is 0 Å². The van der Waals surface area contributed by atoms with E-state index in [1.807, 2.05) is 13.0 Å². The van der Waals surface area contributed by atoms with Crippen LogP contribution in [-0.2, 0) is 19.3 Å². The second-order valence-electron chi connectivity index (χ2n) is 6.19. The molecule has 5 nitrogen and oxygen atoms in total. The van der Waals surface area contributed by atoms with E-state index in [-0.39, 0.29) is 16.6 Å². The molecular formula is C21H26O5S. The first kappa shape index (κ1) is 21.3. The van der Waals surface area contributed by atoms with Crippen LogP contribution in [0.15, 0.2) is 70.5 Å². The summed E-state index contributed by atoms with van der Waals surface area (Å²) < 4.78 is 36.3. The fourth-order valence-corrected chi connectivity index (χ4v) is 4.13. The number of ether oxygens (including phenoxy) is 2. The highest BCUT2D eigenvalue weighted by molar-refractivity contribution is 7.95. The average Bonchev–Trinajstić information content (AvgIpc) is 2.68. The van der Waals surface area contributed by atoms with Gasteiger partial charge in [0.2, 0.25) is 9.84 Å². The van der Waals surface area contributed by atoms with Crippen molar-refractivity contribution in [3.63, 3.8) is 0 Å². The van der Waals surface area contributed by atoms with E-state index in [1.165, 1.54) is 0 Å². The second-order valence-corrected chi connectivity index (χ2v) is 8.14. The SMILES string of the molecule is COCOCCC/C=C(\C(O)c1ccccc1)S(=O)(=O)c1ccc(C)cc1. The van der Waals surface area contributed by atoms with Gasteiger partial charge in [0, 0.05) is 13.7 Å². The van der Waals surface area contributed by atoms with Gasteiger partial charge in [0.25, 0.3) is 0 Å². The number of aryl methyl sites for hydroxylation is 1. The van der Waals surface area contributed by atoms with Gasteiger partial charge in [0.1, 0.15) is 12.9 Å². The van der Waals surface area contributed by atoms with Crippen LogP contribution < -0.4 is 0 Å². The Kier molecular flexibility index (Phi) is 8.19. The van der Waals surface area contributed by atoms with E-state index in [1.54, 1.807) is 61.7 Å². The molecule has 2 aromatic carbocycles. The maximum atomic E-state index is 13.1. The first-order valence-corrected chi connectivity index (χ1v) is 10.3. The van der Waals surface area contributed by atoms with Crippen LogP contribution in [0.4, 0.5) is 0 Å². The molecule has 6 heteroatoms. The molecule has 2 rings (SSSR count). The Balaban J connectivity index is 2.29. The van der Waals surface area contributed by atoms with Crippen LogP contribution in [0.5, 0.6) is 0 Å². The van der Waals surface area contributed by atoms with Gasteiger partial charge in [-0.1, -0.05) is 54.1 Å². The Morgan fingerprint density at radius 1 is 1.11 bits per heavy atom. The number of unbranched alkanes of at least 4 members (excludes halogenated alkanes) is 1. The molecule has 0 amide bonds. The molecule has 146 valence electrons. The first-order valence-electron chi connectivity index (χ1n) is 8.78. The second kappa shape index (κ2) is 10.4. The minimum Gasteiger partial charge on any atom is -0.383 e. The van der Waals surface area contributed by atoms with Crippen molar-refractivity contribution in [1.82, 2.24) is 0 Å². The monoisotopic (exact) mass is 390 g/mol. The molecular weight excluding hydrogens is 364 g/mol. The van der Waals surface area contributed by atoms with Crippen molar-refractivity contribution in [3.8, 4) is 0 Å². The number of aliphatic hydroxyl groups is 1. The van der Waals surface area contributed by atoms with Crippen molar-refractivity contribution in [2.75, 3.05) is 20.5 Å². The molecule has 2 aromatic rings. The highest BCUT2D eigenvalue weighted by atomic mass is 32.2. The standard InChI is InChI=1S/C21H26O5S/c1-17-11-13-19(14-12-17)27(23,24)20(10-6-7-15-26-16-25-2)21(22)18-8-4-3-5-9-18/h3-5,8-14,21-22H,6-7,15-16H2,1-2H3/b20-10+. The van der Waals surface area contributed by atoms with Gasteiger partial charge in [-0.3, -0.25) is 0 Å². The van der Waals surface area contributed by atoms with Gasteiger partial charge in [0.15, 0.2) is 0 Å². The number of sulfone groups is 1. The molecule has 0 aliphatic rings. The third kappa shape index (κ3) is 6.01. The number of hydrogen-bond donors (Lipinski definition) is 1. The van der Waals surface area contributed by atoms with Crippen molar-refractivity contribution >= 4 is 9.84 Å². The summed E-state index contributed by atoms with van der Waals surface area (Å²) in [7, 11) is -2.27. The fourth-order valence-electron chi connectivity index (χ4n) is 2.59. The molecule has 0 aliphatic heterocycles. The number of hydrogen-bond acceptors (Lipinski definition) is 5. The summed E-state index contributed by atoms with van der Waals surface area (Å²) in [6.07, 6.45) is 1.45. The molecule has 0 saturated carbocycles. The van der Waals surface area contributed by atoms with E-state index < -0.39 is 15.9 Å². The maximum Gasteiger partial charge on any atom is 0.205 e. The third-order valence-electron chi connectivity index (χ3n) is 4.07. The predicted octanol–water partition coefficient (Wildman–Crippen LogP) is 3.79. The zero-order valence-electron chi connectivity index (χ0n) is 15.7. The summed E-state index contributed by atoms with van der Waals surface area (Å²) in [5, 5.41) is 10.8. The Hall–Kier alpha value is -1.99. The molecule has 1 N–H and O–H groups in total. The highest BCUT2D eigenvalue weighted by Crippen LogP contribution is 2.31. The fraction of sp³-hybridized carbons (Fsp3) is 0.333. The van der Waals surface area contributed by atoms with Gasteiger partial charge >= 0.3 is 0 Å². The number of allylic oxidation sites excluding steroid dienone is 1. The van der Waals surface area contributed by atoms with Gasteiger partial charge < -0.3 is 14.6 Å². The molecule has 27 heavy (non-hydrogen) atoms. The minimum absolute atomic E-state index is 0.00991. The molecule has 0 aromatic heterocycles. The molecule has 0 aliphatic carbocycles. The van der Waals surface area contributed by atoms with Crippen LogP contribution in [0, 0.1) is 6.92 Å². The predicted molar refractivity (Wildman–Crippen MR) is 105 cm³/mol. The zero-order chi connectivity index (χ0) is 19.7. The third-order valence-corrected chi connectivity index (χ3v) is 5.97. The van der Waals surface area contributed by atoms with Crippen LogP contribution in [0.25, 0.3) is 0 Å². The summed E-state index contributed by atoms with van der Waals surface area (Å²) in [6.45, 7) is 2.54. The number of aliphatic hydroxyl groups excluding tert-OH is 1. The minimum atomic E-state index is -3.82. The summed E-state index contributed by atoms with van der Waals surface area (Å²) >= 11 is 0. The van der Waals surface area contributed by atoms with E-state index in [0.29, 0.717) is 25.0 Å². The number of benzene rings is 2. The first-order chi connectivity index (χ1) is 13.0. The average molecular weight is 391 g/mol. The topological polar surface area (TPSA) is 72.8 Å². The van der Waals surface area contributed by atoms with Crippen molar-refractivity contribution in [3.05, 3.63) is 76.7 Å². The lowest BCUT2D eigenvalue weighted by Crippen LogP contribution is -2.13. The zero-order valence-corrected chi connectivity index (χ0v) is 16.5. The Labute approximate surface area is 161 Å². The van der Waals surface area contributed by atoms with Crippen LogP contribution in [-0.4, -0.2) is 34.0 Å². The maximum absolute atomic E-state index is 13.1. The van der Waals surface area contributed by atoms with Crippen LogP contribution in [0.3, 0.4) is 0 Å². The number of methoxy groups -OCH3 is 1. The molecule has 0 bridgehead atoms. The Bertz CT molecular complexity index is 827.